The van der Waals surface area contributed by atoms with Crippen molar-refractivity contribution in [3.63, 3.8) is 0 Å². The summed E-state index contributed by atoms with van der Waals surface area (Å²) in [6.45, 7) is 6.90. The van der Waals surface area contributed by atoms with Gasteiger partial charge >= 0.3 is 5.97 Å². The number of unbranched alkanes of at least 4 members (excludes halogenated alkanes) is 19. The second-order valence-electron chi connectivity index (χ2n) is 11.6. The average molecular weight is 523 g/mol. The van der Waals surface area contributed by atoms with Crippen LogP contribution in [0.2, 0.25) is 0 Å². The van der Waals surface area contributed by atoms with Gasteiger partial charge in [0.1, 0.15) is 0 Å². The third-order valence-electron chi connectivity index (χ3n) is 8.04. The minimum Gasteiger partial charge on any atom is -0.455 e. The van der Waals surface area contributed by atoms with Crippen molar-refractivity contribution in [3.05, 3.63) is 0 Å². The Morgan fingerprint density at radius 3 is 1.41 bits per heavy atom. The van der Waals surface area contributed by atoms with E-state index in [0.717, 1.165) is 37.9 Å². The molecule has 220 valence electrons. The Labute approximate surface area is 232 Å². The molecule has 0 radical (unpaired) electrons. The summed E-state index contributed by atoms with van der Waals surface area (Å²) in [5.74, 6) is 0.761. The molecular formula is C34H66O3. The lowest BCUT2D eigenvalue weighted by Gasteiger charge is -2.13. The maximum atomic E-state index is 12.1. The van der Waals surface area contributed by atoms with Gasteiger partial charge < -0.3 is 4.74 Å². The van der Waals surface area contributed by atoms with E-state index >= 15 is 0 Å². The van der Waals surface area contributed by atoms with E-state index in [1.807, 2.05) is 0 Å². The molecule has 0 spiro atoms. The molecule has 37 heavy (non-hydrogen) atoms. The van der Waals surface area contributed by atoms with E-state index in [4.69, 9.17) is 4.74 Å². The smallest absolute Gasteiger partial charge is 0.306 e. The maximum Gasteiger partial charge on any atom is 0.306 e. The number of aldehydes is 1. The summed E-state index contributed by atoms with van der Waals surface area (Å²) >= 11 is 0. The van der Waals surface area contributed by atoms with Gasteiger partial charge in [-0.05, 0) is 25.2 Å². The summed E-state index contributed by atoms with van der Waals surface area (Å²) in [7, 11) is 0. The lowest BCUT2D eigenvalue weighted by Crippen LogP contribution is -2.19. The molecule has 0 rings (SSSR count). The topological polar surface area (TPSA) is 43.4 Å². The molecule has 0 saturated heterocycles. The lowest BCUT2D eigenvalue weighted by atomic mass is 9.94. The largest absolute Gasteiger partial charge is 0.455 e. The normalized spacial score (nSPS) is 12.9. The second kappa shape index (κ2) is 29.7. The van der Waals surface area contributed by atoms with Gasteiger partial charge in [-0.2, -0.15) is 0 Å². The highest BCUT2D eigenvalue weighted by atomic mass is 16.5. The van der Waals surface area contributed by atoms with Crippen molar-refractivity contribution in [1.82, 2.24) is 0 Å². The van der Waals surface area contributed by atoms with Crippen LogP contribution in [0.1, 0.15) is 194 Å². The molecule has 3 nitrogen and oxygen atoms in total. The highest BCUT2D eigenvalue weighted by Gasteiger charge is 2.13. The summed E-state index contributed by atoms with van der Waals surface area (Å²) in [6, 6.07) is 0. The van der Waals surface area contributed by atoms with Crippen LogP contribution in [0, 0.1) is 5.92 Å². The molecule has 0 aliphatic rings. The van der Waals surface area contributed by atoms with Crippen LogP contribution in [-0.4, -0.2) is 18.4 Å². The van der Waals surface area contributed by atoms with E-state index < -0.39 is 6.10 Å². The lowest BCUT2D eigenvalue weighted by molar-refractivity contribution is -0.152. The summed E-state index contributed by atoms with van der Waals surface area (Å²) in [4.78, 5) is 23.4. The zero-order valence-electron chi connectivity index (χ0n) is 25.5. The van der Waals surface area contributed by atoms with Crippen molar-refractivity contribution < 1.29 is 14.3 Å². The quantitative estimate of drug-likeness (QED) is 0.0535. The Hall–Kier alpha value is -0.860. The highest BCUT2D eigenvalue weighted by molar-refractivity contribution is 5.72. The molecule has 0 aromatic heterocycles. The minimum absolute atomic E-state index is 0.190. The molecule has 2 atom stereocenters. The molecule has 0 fully saturated rings. The molecule has 2 unspecified atom stereocenters. The van der Waals surface area contributed by atoms with Crippen molar-refractivity contribution in [2.45, 2.75) is 200 Å². The first-order valence-corrected chi connectivity index (χ1v) is 16.8. The summed E-state index contributed by atoms with van der Waals surface area (Å²) < 4.78 is 5.42. The van der Waals surface area contributed by atoms with Gasteiger partial charge in [-0.1, -0.05) is 168 Å². The maximum absolute atomic E-state index is 12.1. The first-order chi connectivity index (χ1) is 18.2. The average Bonchev–Trinajstić information content (AvgIpc) is 2.90. The number of carbonyl (C=O) groups is 2. The highest BCUT2D eigenvalue weighted by Crippen LogP contribution is 2.20. The third kappa shape index (κ3) is 26.5. The SMILES string of the molecule is CCCCCCCCCCCCCCC(C=O)OC(=O)CCCCCCCCCCCC(CC)CCC. The summed E-state index contributed by atoms with van der Waals surface area (Å²) in [5, 5.41) is 0. The number of hydrogen-bond donors (Lipinski definition) is 0. The van der Waals surface area contributed by atoms with E-state index in [-0.39, 0.29) is 5.97 Å². The minimum atomic E-state index is -0.537. The summed E-state index contributed by atoms with van der Waals surface area (Å²) in [6.07, 6.45) is 33.8. The fourth-order valence-corrected chi connectivity index (χ4v) is 5.47. The van der Waals surface area contributed by atoms with Crippen molar-refractivity contribution >= 4 is 12.3 Å². The zero-order chi connectivity index (χ0) is 27.2. The van der Waals surface area contributed by atoms with Gasteiger partial charge in [-0.25, -0.2) is 0 Å². The van der Waals surface area contributed by atoms with Gasteiger partial charge in [0.2, 0.25) is 0 Å². The van der Waals surface area contributed by atoms with Crippen LogP contribution in [0.15, 0.2) is 0 Å². The van der Waals surface area contributed by atoms with Crippen LogP contribution in [0.5, 0.6) is 0 Å². The Kier molecular flexibility index (Phi) is 29.0. The van der Waals surface area contributed by atoms with Gasteiger partial charge in [0, 0.05) is 6.42 Å². The Morgan fingerprint density at radius 1 is 0.541 bits per heavy atom. The fraction of sp³-hybridized carbons (Fsp3) is 0.941. The van der Waals surface area contributed by atoms with Crippen LogP contribution in [0.4, 0.5) is 0 Å². The molecule has 0 aliphatic heterocycles. The molecule has 0 heterocycles. The van der Waals surface area contributed by atoms with Crippen molar-refractivity contribution in [1.29, 1.82) is 0 Å². The van der Waals surface area contributed by atoms with Gasteiger partial charge in [0.15, 0.2) is 12.4 Å². The zero-order valence-corrected chi connectivity index (χ0v) is 25.5. The molecule has 0 bridgehead atoms. The van der Waals surface area contributed by atoms with Gasteiger partial charge in [-0.15, -0.1) is 0 Å². The van der Waals surface area contributed by atoms with E-state index in [2.05, 4.69) is 20.8 Å². The molecule has 0 amide bonds. The van der Waals surface area contributed by atoms with Crippen LogP contribution < -0.4 is 0 Å². The van der Waals surface area contributed by atoms with E-state index in [0.29, 0.717) is 12.8 Å². The number of esters is 1. The first kappa shape index (κ1) is 36.1. The number of hydrogen-bond acceptors (Lipinski definition) is 3. The first-order valence-electron chi connectivity index (χ1n) is 16.8. The molecule has 3 heteroatoms. The standard InChI is InChI=1S/C34H66O3/c1-4-7-8-9-10-11-12-13-16-19-22-25-29-33(31-35)37-34(36)30-26-23-20-17-14-15-18-21-24-28-32(6-3)27-5-2/h31-33H,4-30H2,1-3H3. The predicted molar refractivity (Wildman–Crippen MR) is 161 cm³/mol. The predicted octanol–water partition coefficient (Wildman–Crippen LogP) is 11.3. The second-order valence-corrected chi connectivity index (χ2v) is 11.6. The molecule has 0 aromatic rings. The fourth-order valence-electron chi connectivity index (χ4n) is 5.47. The third-order valence-corrected chi connectivity index (χ3v) is 8.04. The van der Waals surface area contributed by atoms with Crippen LogP contribution in [-0.2, 0) is 14.3 Å². The Bertz CT molecular complexity index is 476. The van der Waals surface area contributed by atoms with E-state index in [9.17, 15) is 9.59 Å². The van der Waals surface area contributed by atoms with Gasteiger partial charge in [-0.3, -0.25) is 9.59 Å². The van der Waals surface area contributed by atoms with E-state index in [1.54, 1.807) is 0 Å². The number of ether oxygens (including phenoxy) is 1. The molecule has 0 aliphatic carbocycles. The Morgan fingerprint density at radius 2 is 0.973 bits per heavy atom. The van der Waals surface area contributed by atoms with Gasteiger partial charge in [0.05, 0.1) is 0 Å². The van der Waals surface area contributed by atoms with Crippen LogP contribution in [0.3, 0.4) is 0 Å². The summed E-state index contributed by atoms with van der Waals surface area (Å²) in [5.41, 5.74) is 0. The van der Waals surface area contributed by atoms with Crippen LogP contribution in [0.25, 0.3) is 0 Å². The van der Waals surface area contributed by atoms with Gasteiger partial charge in [0.25, 0.3) is 0 Å². The molecule has 0 aromatic carbocycles. The number of carbonyl (C=O) groups excluding carboxylic acids is 2. The monoisotopic (exact) mass is 523 g/mol. The van der Waals surface area contributed by atoms with Crippen molar-refractivity contribution in [2.75, 3.05) is 0 Å². The molecule has 0 saturated carbocycles. The van der Waals surface area contributed by atoms with Crippen LogP contribution >= 0.6 is 0 Å². The van der Waals surface area contributed by atoms with Crippen molar-refractivity contribution in [3.8, 4) is 0 Å². The molecule has 0 N–H and O–H groups in total. The number of rotatable bonds is 30. The van der Waals surface area contributed by atoms with E-state index in [1.165, 1.54) is 135 Å². The van der Waals surface area contributed by atoms with Crippen molar-refractivity contribution in [2.24, 2.45) is 5.92 Å². The molecular weight excluding hydrogens is 456 g/mol. The Balaban J connectivity index is 3.48.